The van der Waals surface area contributed by atoms with E-state index in [2.05, 4.69) is 10.2 Å². The lowest BCUT2D eigenvalue weighted by molar-refractivity contribution is 0.0600. The Morgan fingerprint density at radius 1 is 0.966 bits per heavy atom. The van der Waals surface area contributed by atoms with Gasteiger partial charge in [0, 0.05) is 31.9 Å². The molecule has 3 rings (SSSR count). The number of rotatable bonds is 5. The van der Waals surface area contributed by atoms with Gasteiger partial charge in [0.2, 0.25) is 0 Å². The van der Waals surface area contributed by atoms with Crippen LogP contribution in [0, 0.1) is 0 Å². The summed E-state index contributed by atoms with van der Waals surface area (Å²) in [6.45, 7) is 6.56. The minimum atomic E-state index is -0.347. The fourth-order valence-electron chi connectivity index (χ4n) is 3.21. The smallest absolute Gasteiger partial charge is 0.337 e. The molecule has 2 aromatic rings. The monoisotopic (exact) mass is 397 g/mol. The van der Waals surface area contributed by atoms with Gasteiger partial charge in [-0.2, -0.15) is 0 Å². The molecule has 0 unspecified atom stereocenters. The number of nitrogens with zero attached hydrogens (tertiary/aromatic N) is 2. The Morgan fingerprint density at radius 3 is 2.24 bits per heavy atom. The minimum absolute atomic E-state index is 0.0298. The van der Waals surface area contributed by atoms with Gasteiger partial charge in [0.25, 0.3) is 0 Å². The number of amides is 2. The van der Waals surface area contributed by atoms with E-state index in [1.807, 2.05) is 50.2 Å². The van der Waals surface area contributed by atoms with E-state index in [0.717, 1.165) is 18.8 Å². The SMILES string of the molecule is COC(=O)c1ccc(N2CCN(C(=O)Nc3ccccc3OC(C)C)CC2)cc1. The van der Waals surface area contributed by atoms with Crippen molar-refractivity contribution >= 4 is 23.4 Å². The van der Waals surface area contributed by atoms with Gasteiger partial charge in [0.1, 0.15) is 5.75 Å². The molecule has 2 amide bonds. The summed E-state index contributed by atoms with van der Waals surface area (Å²) in [6.07, 6.45) is 0.0298. The van der Waals surface area contributed by atoms with Crippen LogP contribution in [0.2, 0.25) is 0 Å². The Morgan fingerprint density at radius 2 is 1.62 bits per heavy atom. The zero-order valence-electron chi connectivity index (χ0n) is 17.1. The van der Waals surface area contributed by atoms with Gasteiger partial charge in [-0.25, -0.2) is 9.59 Å². The number of hydrogen-bond donors (Lipinski definition) is 1. The van der Waals surface area contributed by atoms with E-state index < -0.39 is 0 Å². The molecule has 1 fully saturated rings. The van der Waals surface area contributed by atoms with Gasteiger partial charge >= 0.3 is 12.0 Å². The van der Waals surface area contributed by atoms with Crippen LogP contribution in [0.4, 0.5) is 16.2 Å². The van der Waals surface area contributed by atoms with Crippen molar-refractivity contribution < 1.29 is 19.1 Å². The molecule has 0 aliphatic carbocycles. The molecule has 0 radical (unpaired) electrons. The number of urea groups is 1. The first-order valence-electron chi connectivity index (χ1n) is 9.73. The van der Waals surface area contributed by atoms with Gasteiger partial charge in [-0.1, -0.05) is 12.1 Å². The Hall–Kier alpha value is -3.22. The Labute approximate surface area is 171 Å². The van der Waals surface area contributed by atoms with Gasteiger partial charge < -0.3 is 24.6 Å². The second-order valence-corrected chi connectivity index (χ2v) is 7.11. The van der Waals surface area contributed by atoms with Crippen LogP contribution in [0.3, 0.4) is 0 Å². The minimum Gasteiger partial charge on any atom is -0.489 e. The zero-order chi connectivity index (χ0) is 20.8. The average Bonchev–Trinajstić information content (AvgIpc) is 2.74. The fourth-order valence-corrected chi connectivity index (χ4v) is 3.21. The topological polar surface area (TPSA) is 71.1 Å². The highest BCUT2D eigenvalue weighted by Crippen LogP contribution is 2.25. The molecule has 154 valence electrons. The maximum Gasteiger partial charge on any atom is 0.337 e. The lowest BCUT2D eigenvalue weighted by Gasteiger charge is -2.36. The molecule has 29 heavy (non-hydrogen) atoms. The second kappa shape index (κ2) is 9.32. The van der Waals surface area contributed by atoms with Gasteiger partial charge in [-0.3, -0.25) is 0 Å². The number of ether oxygens (including phenoxy) is 2. The predicted molar refractivity (Wildman–Crippen MR) is 113 cm³/mol. The molecule has 1 saturated heterocycles. The molecule has 0 aromatic heterocycles. The van der Waals surface area contributed by atoms with E-state index in [1.165, 1.54) is 7.11 Å². The molecular formula is C22H27N3O4. The normalized spacial score (nSPS) is 13.9. The number of piperazine rings is 1. The maximum atomic E-state index is 12.7. The van der Waals surface area contributed by atoms with Gasteiger partial charge in [0.05, 0.1) is 24.5 Å². The summed E-state index contributed by atoms with van der Waals surface area (Å²) in [6, 6.07) is 14.6. The summed E-state index contributed by atoms with van der Waals surface area (Å²) in [5.41, 5.74) is 2.22. The van der Waals surface area contributed by atoms with E-state index in [0.29, 0.717) is 30.1 Å². The molecule has 1 heterocycles. The molecule has 2 aromatic carbocycles. The highest BCUT2D eigenvalue weighted by atomic mass is 16.5. The van der Waals surface area contributed by atoms with Crippen LogP contribution in [0.5, 0.6) is 5.75 Å². The van der Waals surface area contributed by atoms with Crippen molar-refractivity contribution in [3.05, 3.63) is 54.1 Å². The largest absolute Gasteiger partial charge is 0.489 e. The van der Waals surface area contributed by atoms with Crippen molar-refractivity contribution in [3.63, 3.8) is 0 Å². The Bertz CT molecular complexity index is 843. The number of carbonyl (C=O) groups is 2. The molecule has 7 nitrogen and oxygen atoms in total. The van der Waals surface area contributed by atoms with Crippen LogP contribution in [0.15, 0.2) is 48.5 Å². The van der Waals surface area contributed by atoms with Gasteiger partial charge in [-0.05, 0) is 50.2 Å². The molecule has 0 atom stereocenters. The maximum absolute atomic E-state index is 12.7. The molecular weight excluding hydrogens is 370 g/mol. The standard InChI is InChI=1S/C22H27N3O4/c1-16(2)29-20-7-5-4-6-19(20)23-22(27)25-14-12-24(13-15-25)18-10-8-17(9-11-18)21(26)28-3/h4-11,16H,12-15H2,1-3H3,(H,23,27). The lowest BCUT2D eigenvalue weighted by atomic mass is 10.2. The van der Waals surface area contributed by atoms with Crippen LogP contribution in [-0.4, -0.2) is 56.3 Å². The quantitative estimate of drug-likeness (QED) is 0.781. The van der Waals surface area contributed by atoms with Crippen molar-refractivity contribution in [2.75, 3.05) is 43.5 Å². The van der Waals surface area contributed by atoms with E-state index in [4.69, 9.17) is 9.47 Å². The molecule has 0 bridgehead atoms. The zero-order valence-corrected chi connectivity index (χ0v) is 17.1. The first kappa shape index (κ1) is 20.5. The summed E-state index contributed by atoms with van der Waals surface area (Å²) >= 11 is 0. The molecule has 1 aliphatic rings. The molecule has 0 spiro atoms. The lowest BCUT2D eigenvalue weighted by Crippen LogP contribution is -2.50. The summed E-state index contributed by atoms with van der Waals surface area (Å²) in [4.78, 5) is 28.2. The number of methoxy groups -OCH3 is 1. The van der Waals surface area contributed by atoms with E-state index >= 15 is 0 Å². The van der Waals surface area contributed by atoms with Crippen molar-refractivity contribution in [1.29, 1.82) is 0 Å². The Balaban J connectivity index is 1.57. The first-order chi connectivity index (χ1) is 14.0. The van der Waals surface area contributed by atoms with Crippen LogP contribution >= 0.6 is 0 Å². The van der Waals surface area contributed by atoms with Crippen molar-refractivity contribution in [2.45, 2.75) is 20.0 Å². The molecule has 7 heteroatoms. The van der Waals surface area contributed by atoms with E-state index in [-0.39, 0.29) is 18.1 Å². The van der Waals surface area contributed by atoms with Crippen LogP contribution in [0.25, 0.3) is 0 Å². The third-order valence-electron chi connectivity index (χ3n) is 4.71. The number of benzene rings is 2. The predicted octanol–water partition coefficient (Wildman–Crippen LogP) is 3.61. The van der Waals surface area contributed by atoms with Crippen molar-refractivity contribution in [3.8, 4) is 5.75 Å². The molecule has 1 aliphatic heterocycles. The third kappa shape index (κ3) is 5.19. The highest BCUT2D eigenvalue weighted by Gasteiger charge is 2.22. The Kier molecular flexibility index (Phi) is 6.59. The number of carbonyl (C=O) groups excluding carboxylic acids is 2. The van der Waals surface area contributed by atoms with Crippen LogP contribution in [0.1, 0.15) is 24.2 Å². The summed E-state index contributed by atoms with van der Waals surface area (Å²) in [7, 11) is 1.37. The summed E-state index contributed by atoms with van der Waals surface area (Å²) in [5.74, 6) is 0.319. The van der Waals surface area contributed by atoms with Gasteiger partial charge in [0.15, 0.2) is 0 Å². The van der Waals surface area contributed by atoms with E-state index in [1.54, 1.807) is 17.0 Å². The van der Waals surface area contributed by atoms with Crippen molar-refractivity contribution in [2.24, 2.45) is 0 Å². The van der Waals surface area contributed by atoms with Gasteiger partial charge in [-0.15, -0.1) is 0 Å². The third-order valence-corrected chi connectivity index (χ3v) is 4.71. The number of hydrogen-bond acceptors (Lipinski definition) is 5. The summed E-state index contributed by atoms with van der Waals surface area (Å²) in [5, 5.41) is 2.96. The number of anilines is 2. The molecule has 1 N–H and O–H groups in total. The first-order valence-corrected chi connectivity index (χ1v) is 9.73. The van der Waals surface area contributed by atoms with Crippen molar-refractivity contribution in [1.82, 2.24) is 4.90 Å². The summed E-state index contributed by atoms with van der Waals surface area (Å²) < 4.78 is 10.5. The van der Waals surface area contributed by atoms with E-state index in [9.17, 15) is 9.59 Å². The fraction of sp³-hybridized carbons (Fsp3) is 0.364. The number of nitrogens with one attached hydrogen (secondary N) is 1. The van der Waals surface area contributed by atoms with Crippen LogP contribution in [-0.2, 0) is 4.74 Å². The van der Waals surface area contributed by atoms with Crippen LogP contribution < -0.4 is 15.0 Å². The highest BCUT2D eigenvalue weighted by molar-refractivity contribution is 5.91. The number of para-hydroxylation sites is 2. The molecule has 0 saturated carbocycles. The second-order valence-electron chi connectivity index (χ2n) is 7.11. The average molecular weight is 397 g/mol. The number of esters is 1.